The minimum absolute atomic E-state index is 0.134. The zero-order valence-corrected chi connectivity index (χ0v) is 16.2. The van der Waals surface area contributed by atoms with Crippen LogP contribution in [-0.2, 0) is 19.1 Å². The van der Waals surface area contributed by atoms with E-state index in [4.69, 9.17) is 9.47 Å². The molecule has 1 rings (SSSR count). The number of carbonyl (C=O) groups excluding carboxylic acids is 2. The van der Waals surface area contributed by atoms with Crippen molar-refractivity contribution in [2.24, 2.45) is 23.2 Å². The van der Waals surface area contributed by atoms with E-state index in [1.165, 1.54) is 0 Å². The van der Waals surface area contributed by atoms with Crippen LogP contribution in [0, 0.1) is 34.5 Å². The lowest BCUT2D eigenvalue weighted by Gasteiger charge is -2.36. The van der Waals surface area contributed by atoms with Gasteiger partial charge in [-0.1, -0.05) is 39.5 Å². The fraction of sp³-hybridized carbons (Fsp3) is 0.850. The highest BCUT2D eigenvalue weighted by Gasteiger charge is 2.57. The zero-order chi connectivity index (χ0) is 18.9. The van der Waals surface area contributed by atoms with Gasteiger partial charge in [0.1, 0.15) is 0 Å². The summed E-state index contributed by atoms with van der Waals surface area (Å²) in [6, 6.07) is 2.24. The summed E-state index contributed by atoms with van der Waals surface area (Å²) in [6.07, 6.45) is 5.75. The number of hydrogen-bond donors (Lipinski definition) is 0. The van der Waals surface area contributed by atoms with Crippen molar-refractivity contribution >= 4 is 11.9 Å². The highest BCUT2D eigenvalue weighted by atomic mass is 16.5. The Bertz CT molecular complexity index is 477. The molecular formula is C20H33NO4. The Labute approximate surface area is 152 Å². The van der Waals surface area contributed by atoms with Gasteiger partial charge in [0.05, 0.1) is 25.2 Å². The molecule has 0 aromatic heterocycles. The van der Waals surface area contributed by atoms with Crippen LogP contribution >= 0.6 is 0 Å². The van der Waals surface area contributed by atoms with Crippen LogP contribution in [0.1, 0.15) is 72.6 Å². The average molecular weight is 351 g/mol. The summed E-state index contributed by atoms with van der Waals surface area (Å²) in [7, 11) is 0. The number of hydrogen-bond acceptors (Lipinski definition) is 5. The molecule has 0 N–H and O–H groups in total. The Balaban J connectivity index is 3.22. The zero-order valence-electron chi connectivity index (χ0n) is 16.2. The molecule has 5 heteroatoms. The molecule has 0 aliphatic heterocycles. The summed E-state index contributed by atoms with van der Waals surface area (Å²) >= 11 is 0. The van der Waals surface area contributed by atoms with Gasteiger partial charge in [-0.15, -0.1) is 0 Å². The van der Waals surface area contributed by atoms with Crippen LogP contribution in [0.3, 0.4) is 0 Å². The molecule has 0 aromatic carbocycles. The third-order valence-electron chi connectivity index (χ3n) is 5.19. The molecule has 0 spiro atoms. The SMILES string of the molecule is CCOC(=O)C(CCCC(C)C)C(C#N)(C(=O)OCC)C1CCCC1. The van der Waals surface area contributed by atoms with E-state index in [2.05, 4.69) is 19.9 Å². The first-order valence-corrected chi connectivity index (χ1v) is 9.69. The Morgan fingerprint density at radius 3 is 2.20 bits per heavy atom. The van der Waals surface area contributed by atoms with Crippen LogP contribution in [0.4, 0.5) is 0 Å². The molecule has 1 saturated carbocycles. The molecule has 0 aromatic rings. The number of carbonyl (C=O) groups is 2. The minimum atomic E-state index is -1.42. The van der Waals surface area contributed by atoms with E-state index >= 15 is 0 Å². The predicted octanol–water partition coefficient (Wildman–Crippen LogP) is 4.26. The van der Waals surface area contributed by atoms with E-state index in [0.717, 1.165) is 38.5 Å². The Morgan fingerprint density at radius 1 is 1.12 bits per heavy atom. The number of rotatable bonds is 10. The molecule has 0 bridgehead atoms. The molecule has 25 heavy (non-hydrogen) atoms. The maximum Gasteiger partial charge on any atom is 0.327 e. The first-order valence-electron chi connectivity index (χ1n) is 9.69. The average Bonchev–Trinajstić information content (AvgIpc) is 3.09. The molecule has 2 unspecified atom stereocenters. The molecule has 0 heterocycles. The summed E-state index contributed by atoms with van der Waals surface area (Å²) in [4.78, 5) is 25.6. The Hall–Kier alpha value is -1.57. The minimum Gasteiger partial charge on any atom is -0.466 e. The van der Waals surface area contributed by atoms with Crippen molar-refractivity contribution in [1.82, 2.24) is 0 Å². The Kier molecular flexibility index (Phi) is 8.96. The molecule has 0 radical (unpaired) electrons. The Morgan fingerprint density at radius 2 is 1.72 bits per heavy atom. The van der Waals surface area contributed by atoms with Gasteiger partial charge in [0.15, 0.2) is 5.41 Å². The van der Waals surface area contributed by atoms with Gasteiger partial charge in [-0.05, 0) is 44.9 Å². The second-order valence-corrected chi connectivity index (χ2v) is 7.31. The second kappa shape index (κ2) is 10.4. The van der Waals surface area contributed by atoms with Gasteiger partial charge in [0, 0.05) is 0 Å². The van der Waals surface area contributed by atoms with Gasteiger partial charge in [0.25, 0.3) is 0 Å². The molecular weight excluding hydrogens is 318 g/mol. The van der Waals surface area contributed by atoms with Gasteiger partial charge in [-0.3, -0.25) is 9.59 Å². The van der Waals surface area contributed by atoms with E-state index in [0.29, 0.717) is 12.3 Å². The lowest BCUT2D eigenvalue weighted by Crippen LogP contribution is -2.48. The number of nitriles is 1. The summed E-state index contributed by atoms with van der Waals surface area (Å²) in [5.41, 5.74) is -1.42. The van der Waals surface area contributed by atoms with Gasteiger partial charge in [0.2, 0.25) is 0 Å². The van der Waals surface area contributed by atoms with Crippen molar-refractivity contribution in [3.8, 4) is 6.07 Å². The first-order chi connectivity index (χ1) is 11.9. The maximum atomic E-state index is 12.9. The molecule has 2 atom stereocenters. The third kappa shape index (κ3) is 5.20. The standard InChI is InChI=1S/C20H33NO4/c1-5-24-18(22)17(13-9-10-15(3)4)20(14-21,19(23)25-6-2)16-11-7-8-12-16/h15-17H,5-13H2,1-4H3. The number of ether oxygens (including phenoxy) is 2. The van der Waals surface area contributed by atoms with Crippen LogP contribution in [0.25, 0.3) is 0 Å². The fourth-order valence-electron chi connectivity index (χ4n) is 3.94. The van der Waals surface area contributed by atoms with Crippen molar-refractivity contribution in [2.45, 2.75) is 72.6 Å². The first kappa shape index (κ1) is 21.5. The van der Waals surface area contributed by atoms with Gasteiger partial charge in [-0.25, -0.2) is 0 Å². The monoisotopic (exact) mass is 351 g/mol. The number of nitrogens with zero attached hydrogens (tertiary/aromatic N) is 1. The molecule has 5 nitrogen and oxygen atoms in total. The van der Waals surface area contributed by atoms with Crippen LogP contribution < -0.4 is 0 Å². The summed E-state index contributed by atoms with van der Waals surface area (Å²) in [5, 5.41) is 10.1. The number of esters is 2. The maximum absolute atomic E-state index is 12.9. The second-order valence-electron chi connectivity index (χ2n) is 7.31. The molecule has 0 saturated heterocycles. The highest BCUT2D eigenvalue weighted by molar-refractivity contribution is 5.88. The normalized spacial score (nSPS) is 18.4. The topological polar surface area (TPSA) is 76.4 Å². The highest BCUT2D eigenvalue weighted by Crippen LogP contribution is 2.48. The molecule has 1 aliphatic carbocycles. The molecule has 1 fully saturated rings. The van der Waals surface area contributed by atoms with Gasteiger partial charge in [-0.2, -0.15) is 5.26 Å². The van der Waals surface area contributed by atoms with E-state index < -0.39 is 23.3 Å². The summed E-state index contributed by atoms with van der Waals surface area (Å²) in [6.45, 7) is 8.17. The van der Waals surface area contributed by atoms with Crippen molar-refractivity contribution in [1.29, 1.82) is 5.26 Å². The van der Waals surface area contributed by atoms with Crippen molar-refractivity contribution < 1.29 is 19.1 Å². The molecule has 1 aliphatic rings. The fourth-order valence-corrected chi connectivity index (χ4v) is 3.94. The smallest absolute Gasteiger partial charge is 0.327 e. The largest absolute Gasteiger partial charge is 0.466 e. The van der Waals surface area contributed by atoms with E-state index in [1.807, 2.05) is 0 Å². The van der Waals surface area contributed by atoms with Gasteiger partial charge < -0.3 is 9.47 Å². The quantitative estimate of drug-likeness (QED) is 0.550. The van der Waals surface area contributed by atoms with Crippen LogP contribution in [0.15, 0.2) is 0 Å². The lowest BCUT2D eigenvalue weighted by molar-refractivity contribution is -0.169. The molecule has 0 amide bonds. The van der Waals surface area contributed by atoms with Crippen molar-refractivity contribution in [3.63, 3.8) is 0 Å². The van der Waals surface area contributed by atoms with Crippen LogP contribution in [0.2, 0.25) is 0 Å². The predicted molar refractivity (Wildman–Crippen MR) is 95.4 cm³/mol. The van der Waals surface area contributed by atoms with E-state index in [9.17, 15) is 14.9 Å². The summed E-state index contributed by atoms with van der Waals surface area (Å²) < 4.78 is 10.5. The lowest BCUT2D eigenvalue weighted by atomic mass is 9.64. The van der Waals surface area contributed by atoms with Crippen LogP contribution in [0.5, 0.6) is 0 Å². The van der Waals surface area contributed by atoms with Crippen molar-refractivity contribution in [2.75, 3.05) is 13.2 Å². The summed E-state index contributed by atoms with van der Waals surface area (Å²) in [5.74, 6) is -1.36. The van der Waals surface area contributed by atoms with Crippen LogP contribution in [-0.4, -0.2) is 25.2 Å². The third-order valence-corrected chi connectivity index (χ3v) is 5.19. The van der Waals surface area contributed by atoms with E-state index in [1.54, 1.807) is 13.8 Å². The van der Waals surface area contributed by atoms with Crippen molar-refractivity contribution in [3.05, 3.63) is 0 Å². The molecule has 142 valence electrons. The van der Waals surface area contributed by atoms with E-state index in [-0.39, 0.29) is 19.1 Å². The van der Waals surface area contributed by atoms with Gasteiger partial charge >= 0.3 is 11.9 Å².